The summed E-state index contributed by atoms with van der Waals surface area (Å²) < 4.78 is 0. The van der Waals surface area contributed by atoms with E-state index in [4.69, 9.17) is 0 Å². The lowest BCUT2D eigenvalue weighted by atomic mass is 10.0. The lowest BCUT2D eigenvalue weighted by Gasteiger charge is -2.20. The van der Waals surface area contributed by atoms with Crippen LogP contribution in [0.3, 0.4) is 0 Å². The minimum absolute atomic E-state index is 0.0467. The van der Waals surface area contributed by atoms with Crippen molar-refractivity contribution in [1.29, 1.82) is 0 Å². The normalized spacial score (nSPS) is 14.9. The fourth-order valence-electron chi connectivity index (χ4n) is 3.23. The van der Waals surface area contributed by atoms with E-state index in [9.17, 15) is 4.79 Å². The average molecular weight is 386 g/mol. The van der Waals surface area contributed by atoms with E-state index < -0.39 is 0 Å². The van der Waals surface area contributed by atoms with Gasteiger partial charge in [0.2, 0.25) is 0 Å². The first kappa shape index (κ1) is 19.4. The molecule has 1 aliphatic rings. The summed E-state index contributed by atoms with van der Waals surface area (Å²) in [5.74, 6) is 1.93. The molecule has 0 aliphatic heterocycles. The highest BCUT2D eigenvalue weighted by atomic mass is 32.2. The first-order valence-electron chi connectivity index (χ1n) is 9.48. The van der Waals surface area contributed by atoms with Gasteiger partial charge in [0.1, 0.15) is 0 Å². The number of hydrogen-bond acceptors (Lipinski definition) is 3. The van der Waals surface area contributed by atoms with Crippen LogP contribution in [0.25, 0.3) is 0 Å². The summed E-state index contributed by atoms with van der Waals surface area (Å²) in [7, 11) is 0. The molecule has 138 valence electrons. The van der Waals surface area contributed by atoms with Crippen LogP contribution in [0.4, 0.5) is 0 Å². The Hall–Kier alpha value is -1.39. The average Bonchev–Trinajstić information content (AvgIpc) is 2.71. The maximum atomic E-state index is 12.6. The molecule has 0 radical (unpaired) electrons. The van der Waals surface area contributed by atoms with Crippen LogP contribution in [0.15, 0.2) is 59.5 Å². The van der Waals surface area contributed by atoms with Crippen molar-refractivity contribution in [3.05, 3.63) is 65.7 Å². The van der Waals surface area contributed by atoms with Crippen molar-refractivity contribution in [2.24, 2.45) is 0 Å². The molecule has 2 aromatic rings. The molecule has 2 nitrogen and oxygen atoms in total. The van der Waals surface area contributed by atoms with Gasteiger partial charge in [0, 0.05) is 28.2 Å². The molecule has 4 heteroatoms. The van der Waals surface area contributed by atoms with Gasteiger partial charge >= 0.3 is 0 Å². The van der Waals surface area contributed by atoms with Crippen LogP contribution in [0.5, 0.6) is 0 Å². The van der Waals surface area contributed by atoms with Crippen LogP contribution < -0.4 is 5.32 Å². The van der Waals surface area contributed by atoms with E-state index in [2.05, 4.69) is 29.6 Å². The molecule has 0 bridgehead atoms. The highest BCUT2D eigenvalue weighted by molar-refractivity contribution is 7.99. The van der Waals surface area contributed by atoms with E-state index in [0.29, 0.717) is 0 Å². The number of carbonyl (C=O) groups excluding carboxylic acids is 1. The topological polar surface area (TPSA) is 29.1 Å². The summed E-state index contributed by atoms with van der Waals surface area (Å²) in [5, 5.41) is 3.90. The molecular formula is C22H27NOS2. The minimum atomic E-state index is 0.0467. The Morgan fingerprint density at radius 3 is 2.50 bits per heavy atom. The van der Waals surface area contributed by atoms with Crippen molar-refractivity contribution in [2.45, 2.75) is 48.0 Å². The van der Waals surface area contributed by atoms with Gasteiger partial charge in [-0.2, -0.15) is 11.8 Å². The Labute approximate surface area is 165 Å². The molecular weight excluding hydrogens is 358 g/mol. The Morgan fingerprint density at radius 1 is 0.962 bits per heavy atom. The highest BCUT2D eigenvalue weighted by Gasteiger charge is 2.14. The van der Waals surface area contributed by atoms with Gasteiger partial charge in [-0.3, -0.25) is 4.79 Å². The monoisotopic (exact) mass is 385 g/mol. The van der Waals surface area contributed by atoms with Crippen LogP contribution >= 0.6 is 23.5 Å². The van der Waals surface area contributed by atoms with Crippen molar-refractivity contribution in [3.8, 4) is 0 Å². The third-order valence-corrected chi connectivity index (χ3v) is 7.19. The van der Waals surface area contributed by atoms with Crippen LogP contribution in [-0.4, -0.2) is 23.5 Å². The summed E-state index contributed by atoms with van der Waals surface area (Å²) in [4.78, 5) is 13.6. The number of benzene rings is 2. The van der Waals surface area contributed by atoms with Gasteiger partial charge in [-0.05, 0) is 30.5 Å². The van der Waals surface area contributed by atoms with Gasteiger partial charge in [0.25, 0.3) is 5.91 Å². The van der Waals surface area contributed by atoms with Crippen molar-refractivity contribution < 1.29 is 4.79 Å². The number of thioether (sulfide) groups is 2. The zero-order valence-electron chi connectivity index (χ0n) is 15.2. The van der Waals surface area contributed by atoms with Crippen LogP contribution in [0, 0.1) is 0 Å². The number of hydrogen-bond donors (Lipinski definition) is 1. The summed E-state index contributed by atoms with van der Waals surface area (Å²) in [6, 6.07) is 18.3. The van der Waals surface area contributed by atoms with Gasteiger partial charge in [-0.15, -0.1) is 11.8 Å². The molecule has 1 N–H and O–H groups in total. The van der Waals surface area contributed by atoms with Crippen molar-refractivity contribution >= 4 is 29.4 Å². The largest absolute Gasteiger partial charge is 0.351 e. The zero-order chi connectivity index (χ0) is 18.0. The molecule has 0 saturated heterocycles. The quantitative estimate of drug-likeness (QED) is 0.462. The lowest BCUT2D eigenvalue weighted by molar-refractivity contribution is 0.0953. The van der Waals surface area contributed by atoms with Gasteiger partial charge in [-0.25, -0.2) is 0 Å². The second kappa shape index (κ2) is 10.7. The van der Waals surface area contributed by atoms with E-state index in [1.807, 2.05) is 42.1 Å². The minimum Gasteiger partial charge on any atom is -0.351 e. The predicted molar refractivity (Wildman–Crippen MR) is 114 cm³/mol. The van der Waals surface area contributed by atoms with E-state index >= 15 is 0 Å². The lowest BCUT2D eigenvalue weighted by Crippen LogP contribution is -2.27. The van der Waals surface area contributed by atoms with E-state index in [0.717, 1.165) is 33.8 Å². The van der Waals surface area contributed by atoms with Crippen molar-refractivity contribution in [2.75, 3.05) is 12.3 Å². The highest BCUT2D eigenvalue weighted by Crippen LogP contribution is 2.28. The van der Waals surface area contributed by atoms with E-state index in [-0.39, 0.29) is 5.91 Å². The molecule has 26 heavy (non-hydrogen) atoms. The van der Waals surface area contributed by atoms with Gasteiger partial charge in [0.15, 0.2) is 0 Å². The van der Waals surface area contributed by atoms with Crippen LogP contribution in [0.1, 0.15) is 48.0 Å². The number of nitrogens with one attached hydrogen (secondary N) is 1. The molecule has 0 atom stereocenters. The molecule has 1 amide bonds. The molecule has 0 heterocycles. The maximum Gasteiger partial charge on any atom is 0.252 e. The molecule has 0 spiro atoms. The molecule has 0 aromatic heterocycles. The summed E-state index contributed by atoms with van der Waals surface area (Å²) in [6.45, 7) is 0.748. The second-order valence-electron chi connectivity index (χ2n) is 6.66. The summed E-state index contributed by atoms with van der Waals surface area (Å²) >= 11 is 3.75. The zero-order valence-corrected chi connectivity index (χ0v) is 16.8. The predicted octanol–water partition coefficient (Wildman–Crippen LogP) is 5.77. The Bertz CT molecular complexity index is 684. The van der Waals surface area contributed by atoms with Gasteiger partial charge in [0.05, 0.1) is 5.56 Å². The standard InChI is InChI=1S/C22H27NOS2/c24-22(23-15-16-25-19-11-5-2-6-12-19)20-13-7-8-14-21(20)26-17-18-9-3-1-4-10-18/h1,3-4,7-10,13-14,19H,2,5-6,11-12,15-17H2,(H,23,24). The first-order valence-corrected chi connectivity index (χ1v) is 11.5. The fraction of sp³-hybridized carbons (Fsp3) is 0.409. The van der Waals surface area contributed by atoms with Crippen molar-refractivity contribution in [3.63, 3.8) is 0 Å². The fourth-order valence-corrected chi connectivity index (χ4v) is 5.46. The van der Waals surface area contributed by atoms with Crippen LogP contribution in [0.2, 0.25) is 0 Å². The molecule has 2 aromatic carbocycles. The number of carbonyl (C=O) groups is 1. The SMILES string of the molecule is O=C(NCCSC1CCCCC1)c1ccccc1SCc1ccccc1. The molecule has 0 unspecified atom stereocenters. The molecule has 3 rings (SSSR count). The molecule has 1 fully saturated rings. The Morgan fingerprint density at radius 2 is 1.69 bits per heavy atom. The summed E-state index contributed by atoms with van der Waals surface area (Å²) in [5.41, 5.74) is 2.06. The smallest absolute Gasteiger partial charge is 0.252 e. The Kier molecular flexibility index (Phi) is 7.96. The van der Waals surface area contributed by atoms with Crippen LogP contribution in [-0.2, 0) is 5.75 Å². The molecule has 1 aliphatic carbocycles. The third kappa shape index (κ3) is 6.10. The summed E-state index contributed by atoms with van der Waals surface area (Å²) in [6.07, 6.45) is 6.83. The van der Waals surface area contributed by atoms with Gasteiger partial charge < -0.3 is 5.32 Å². The maximum absolute atomic E-state index is 12.6. The van der Waals surface area contributed by atoms with E-state index in [1.54, 1.807) is 11.8 Å². The second-order valence-corrected chi connectivity index (χ2v) is 9.08. The number of rotatable bonds is 8. The number of amides is 1. The van der Waals surface area contributed by atoms with E-state index in [1.165, 1.54) is 37.7 Å². The molecule has 1 saturated carbocycles. The Balaban J connectivity index is 1.47. The van der Waals surface area contributed by atoms with Gasteiger partial charge in [-0.1, -0.05) is 61.7 Å². The van der Waals surface area contributed by atoms with Crippen molar-refractivity contribution in [1.82, 2.24) is 5.32 Å². The third-order valence-electron chi connectivity index (χ3n) is 4.66. The first-order chi connectivity index (χ1) is 12.8.